The van der Waals surface area contributed by atoms with Crippen LogP contribution >= 0.6 is 0 Å². The van der Waals surface area contributed by atoms with Crippen LogP contribution in [-0.2, 0) is 20.5 Å². The molecule has 4 nitrogen and oxygen atoms in total. The lowest BCUT2D eigenvalue weighted by Gasteiger charge is -2.21. The second kappa shape index (κ2) is 8.53. The van der Waals surface area contributed by atoms with Crippen LogP contribution in [0.15, 0.2) is 60.7 Å². The molecule has 1 amide bonds. The van der Waals surface area contributed by atoms with E-state index in [1.807, 2.05) is 6.07 Å². The molecule has 0 aliphatic rings. The monoisotopic (exact) mass is 377 g/mol. The van der Waals surface area contributed by atoms with E-state index in [4.69, 9.17) is 4.74 Å². The largest absolute Gasteiger partial charge is 0.449 e. The van der Waals surface area contributed by atoms with Crippen LogP contribution in [0.2, 0.25) is 0 Å². The number of alkyl halides is 3. The number of benzene rings is 2. The van der Waals surface area contributed by atoms with Gasteiger partial charge in [0.15, 0.2) is 6.10 Å². The molecule has 1 atom stereocenters. The molecule has 0 spiro atoms. The number of likely N-dealkylation sites (N-methyl/N-ethyl adjacent to an activating group) is 1. The molecule has 0 aliphatic carbocycles. The molecule has 0 saturated heterocycles. The first kappa shape index (κ1) is 20.2. The Bertz CT molecular complexity index is 832. The van der Waals surface area contributed by atoms with E-state index >= 15 is 0 Å². The Morgan fingerprint density at radius 3 is 2.37 bits per heavy atom. The summed E-state index contributed by atoms with van der Waals surface area (Å²) in [6, 6.07) is 13.4. The highest BCUT2D eigenvalue weighted by Crippen LogP contribution is 2.29. The van der Waals surface area contributed by atoms with E-state index < -0.39 is 29.7 Å². The van der Waals surface area contributed by atoms with Crippen molar-refractivity contribution >= 4 is 23.6 Å². The fraction of sp³-hybridized carbons (Fsp3) is 0.200. The van der Waals surface area contributed by atoms with Crippen molar-refractivity contribution in [1.29, 1.82) is 0 Å². The number of ether oxygens (including phenoxy) is 1. The van der Waals surface area contributed by atoms with Crippen LogP contribution in [0.1, 0.15) is 18.1 Å². The zero-order valence-corrected chi connectivity index (χ0v) is 14.7. The highest BCUT2D eigenvalue weighted by molar-refractivity contribution is 5.98. The molecule has 2 rings (SSSR count). The Morgan fingerprint density at radius 1 is 1.07 bits per heavy atom. The van der Waals surface area contributed by atoms with Gasteiger partial charge in [-0.1, -0.05) is 30.3 Å². The maximum absolute atomic E-state index is 12.7. The standard InChI is InChI=1S/C20H18F3NO3/c1-14(19(26)24(2)17-9-4-3-5-10-17)27-18(25)12-11-15-7-6-8-16(13-15)20(21,22)23/h3-14H,1-2H3/b12-11+/t14-/m1/s1. The summed E-state index contributed by atoms with van der Waals surface area (Å²) in [5, 5.41) is 0. The van der Waals surface area contributed by atoms with Gasteiger partial charge in [-0.3, -0.25) is 4.79 Å². The van der Waals surface area contributed by atoms with E-state index in [1.165, 1.54) is 30.0 Å². The van der Waals surface area contributed by atoms with Crippen LogP contribution in [0.3, 0.4) is 0 Å². The Labute approximate surface area is 154 Å². The van der Waals surface area contributed by atoms with Gasteiger partial charge in [-0.05, 0) is 42.8 Å². The predicted molar refractivity (Wildman–Crippen MR) is 95.9 cm³/mol. The number of para-hydroxylation sites is 1. The number of carbonyl (C=O) groups is 2. The third-order valence-electron chi connectivity index (χ3n) is 3.74. The Balaban J connectivity index is 1.98. The van der Waals surface area contributed by atoms with Gasteiger partial charge in [0.1, 0.15) is 0 Å². The first-order valence-corrected chi connectivity index (χ1v) is 8.07. The highest BCUT2D eigenvalue weighted by Gasteiger charge is 2.30. The number of carbonyl (C=O) groups excluding carboxylic acids is 2. The van der Waals surface area contributed by atoms with Crippen LogP contribution in [0.5, 0.6) is 0 Å². The summed E-state index contributed by atoms with van der Waals surface area (Å²) in [6.07, 6.45) is -3.32. The molecule has 0 radical (unpaired) electrons. The average molecular weight is 377 g/mol. The third kappa shape index (κ3) is 5.70. The number of rotatable bonds is 5. The minimum atomic E-state index is -4.46. The number of anilines is 1. The maximum atomic E-state index is 12.7. The first-order chi connectivity index (χ1) is 12.7. The molecule has 7 heteroatoms. The van der Waals surface area contributed by atoms with Crippen LogP contribution in [0, 0.1) is 0 Å². The fourth-order valence-corrected chi connectivity index (χ4v) is 2.30. The van der Waals surface area contributed by atoms with Gasteiger partial charge in [0, 0.05) is 18.8 Å². The van der Waals surface area contributed by atoms with Gasteiger partial charge in [-0.2, -0.15) is 13.2 Å². The molecule has 2 aromatic rings. The lowest BCUT2D eigenvalue weighted by atomic mass is 10.1. The van der Waals surface area contributed by atoms with Crippen molar-refractivity contribution in [1.82, 2.24) is 0 Å². The molecule has 27 heavy (non-hydrogen) atoms. The maximum Gasteiger partial charge on any atom is 0.416 e. The van der Waals surface area contributed by atoms with Crippen molar-refractivity contribution in [3.8, 4) is 0 Å². The molecular formula is C20H18F3NO3. The van der Waals surface area contributed by atoms with E-state index in [-0.39, 0.29) is 5.56 Å². The SMILES string of the molecule is C[C@@H](OC(=O)/C=C/c1cccc(C(F)(F)F)c1)C(=O)N(C)c1ccccc1. The highest BCUT2D eigenvalue weighted by atomic mass is 19.4. The third-order valence-corrected chi connectivity index (χ3v) is 3.74. The van der Waals surface area contributed by atoms with E-state index in [0.29, 0.717) is 5.69 Å². The summed E-state index contributed by atoms with van der Waals surface area (Å²) in [6.45, 7) is 1.43. The van der Waals surface area contributed by atoms with Crippen LogP contribution in [0.4, 0.5) is 18.9 Å². The number of esters is 1. The van der Waals surface area contributed by atoms with Crippen LogP contribution < -0.4 is 4.90 Å². The molecule has 0 heterocycles. The summed E-state index contributed by atoms with van der Waals surface area (Å²) < 4.78 is 43.1. The second-order valence-corrected chi connectivity index (χ2v) is 5.77. The molecule has 2 aromatic carbocycles. The van der Waals surface area contributed by atoms with Gasteiger partial charge in [0.2, 0.25) is 0 Å². The predicted octanol–water partition coefficient (Wildman–Crippen LogP) is 4.31. The summed E-state index contributed by atoms with van der Waals surface area (Å²) in [7, 11) is 1.56. The van der Waals surface area contributed by atoms with Crippen molar-refractivity contribution in [3.05, 3.63) is 71.8 Å². The van der Waals surface area contributed by atoms with E-state index in [0.717, 1.165) is 18.2 Å². The molecular weight excluding hydrogens is 359 g/mol. The fourth-order valence-electron chi connectivity index (χ4n) is 2.30. The minimum Gasteiger partial charge on any atom is -0.449 e. The molecule has 0 fully saturated rings. The zero-order chi connectivity index (χ0) is 20.0. The Kier molecular flexibility index (Phi) is 6.39. The first-order valence-electron chi connectivity index (χ1n) is 8.07. The quantitative estimate of drug-likeness (QED) is 0.576. The number of halogens is 3. The molecule has 0 unspecified atom stereocenters. The van der Waals surface area contributed by atoms with Crippen molar-refractivity contribution in [2.45, 2.75) is 19.2 Å². The van der Waals surface area contributed by atoms with Crippen molar-refractivity contribution in [2.75, 3.05) is 11.9 Å². The Morgan fingerprint density at radius 2 is 1.74 bits per heavy atom. The second-order valence-electron chi connectivity index (χ2n) is 5.77. The number of amides is 1. The molecule has 142 valence electrons. The summed E-state index contributed by atoms with van der Waals surface area (Å²) in [5.41, 5.74) is 0.0260. The van der Waals surface area contributed by atoms with E-state index in [2.05, 4.69) is 0 Å². The van der Waals surface area contributed by atoms with Gasteiger partial charge in [0.05, 0.1) is 5.56 Å². The molecule has 0 aliphatic heterocycles. The normalized spacial score (nSPS) is 12.6. The van der Waals surface area contributed by atoms with E-state index in [9.17, 15) is 22.8 Å². The Hall–Kier alpha value is -3.09. The minimum absolute atomic E-state index is 0.196. The van der Waals surface area contributed by atoms with Crippen LogP contribution in [-0.4, -0.2) is 25.0 Å². The summed E-state index contributed by atoms with van der Waals surface area (Å²) >= 11 is 0. The lowest BCUT2D eigenvalue weighted by Crippen LogP contribution is -2.37. The van der Waals surface area contributed by atoms with Crippen molar-refractivity contribution in [2.24, 2.45) is 0 Å². The molecule has 0 aromatic heterocycles. The van der Waals surface area contributed by atoms with E-state index in [1.54, 1.807) is 31.3 Å². The molecule has 0 bridgehead atoms. The number of hydrogen-bond acceptors (Lipinski definition) is 3. The van der Waals surface area contributed by atoms with Gasteiger partial charge >= 0.3 is 12.1 Å². The summed E-state index contributed by atoms with van der Waals surface area (Å²) in [5.74, 6) is -1.25. The molecule has 0 saturated carbocycles. The number of nitrogens with zero attached hydrogens (tertiary/aromatic N) is 1. The van der Waals surface area contributed by atoms with Gasteiger partial charge in [0.25, 0.3) is 5.91 Å². The zero-order valence-electron chi connectivity index (χ0n) is 14.7. The average Bonchev–Trinajstić information content (AvgIpc) is 2.65. The van der Waals surface area contributed by atoms with Crippen molar-refractivity contribution in [3.63, 3.8) is 0 Å². The summed E-state index contributed by atoms with van der Waals surface area (Å²) in [4.78, 5) is 25.5. The molecule has 0 N–H and O–H groups in total. The smallest absolute Gasteiger partial charge is 0.416 e. The van der Waals surface area contributed by atoms with Crippen molar-refractivity contribution < 1.29 is 27.5 Å². The lowest BCUT2D eigenvalue weighted by molar-refractivity contribution is -0.148. The topological polar surface area (TPSA) is 46.6 Å². The van der Waals surface area contributed by atoms with Gasteiger partial charge < -0.3 is 9.64 Å². The number of hydrogen-bond donors (Lipinski definition) is 0. The van der Waals surface area contributed by atoms with Crippen LogP contribution in [0.25, 0.3) is 6.08 Å². The van der Waals surface area contributed by atoms with Gasteiger partial charge in [-0.25, -0.2) is 4.79 Å². The van der Waals surface area contributed by atoms with Gasteiger partial charge in [-0.15, -0.1) is 0 Å².